The average Bonchev–Trinajstić information content (AvgIpc) is 3.48. The molecule has 1 N–H and O–H groups in total. The van der Waals surface area contributed by atoms with Crippen LogP contribution in [-0.2, 0) is 17.6 Å². The Labute approximate surface area is 193 Å². The number of hydrogen-bond acceptors (Lipinski definition) is 5. The predicted octanol–water partition coefficient (Wildman–Crippen LogP) is 3.32. The van der Waals surface area contributed by atoms with E-state index in [9.17, 15) is 9.59 Å². The summed E-state index contributed by atoms with van der Waals surface area (Å²) in [6.07, 6.45) is 5.17. The fourth-order valence-electron chi connectivity index (χ4n) is 4.87. The number of aryl methyl sites for hydroxylation is 2. The van der Waals surface area contributed by atoms with Gasteiger partial charge in [0, 0.05) is 36.5 Å². The van der Waals surface area contributed by atoms with Crippen molar-refractivity contribution < 1.29 is 9.59 Å². The summed E-state index contributed by atoms with van der Waals surface area (Å²) in [5.41, 5.74) is 4.45. The highest BCUT2D eigenvalue weighted by Crippen LogP contribution is 2.35. The van der Waals surface area contributed by atoms with E-state index in [-0.39, 0.29) is 17.9 Å². The number of H-pyrrole nitrogens is 1. The van der Waals surface area contributed by atoms with Crippen LogP contribution in [0, 0.1) is 13.8 Å². The topological polar surface area (TPSA) is 95.1 Å². The molecule has 1 saturated heterocycles. The van der Waals surface area contributed by atoms with Crippen LogP contribution < -0.4 is 4.90 Å². The highest BCUT2D eigenvalue weighted by atomic mass is 16.2. The van der Waals surface area contributed by atoms with Gasteiger partial charge >= 0.3 is 0 Å². The maximum absolute atomic E-state index is 13.2. The Bertz CT molecular complexity index is 1190. The van der Waals surface area contributed by atoms with Crippen molar-refractivity contribution in [1.82, 2.24) is 25.1 Å². The Morgan fingerprint density at radius 1 is 1.15 bits per heavy atom. The van der Waals surface area contributed by atoms with Crippen molar-refractivity contribution in [3.05, 3.63) is 70.4 Å². The summed E-state index contributed by atoms with van der Waals surface area (Å²) in [5, 5.41) is 6.84. The van der Waals surface area contributed by atoms with Crippen molar-refractivity contribution in [3.63, 3.8) is 0 Å². The van der Waals surface area contributed by atoms with Crippen molar-refractivity contribution in [3.8, 4) is 0 Å². The first-order chi connectivity index (χ1) is 16.0. The van der Waals surface area contributed by atoms with Gasteiger partial charge in [0.25, 0.3) is 5.91 Å². The number of aromatic nitrogens is 4. The van der Waals surface area contributed by atoms with Crippen molar-refractivity contribution in [1.29, 1.82) is 0 Å². The minimum Gasteiger partial charge on any atom is -0.328 e. The van der Waals surface area contributed by atoms with Crippen LogP contribution in [0.4, 0.5) is 5.82 Å². The molecule has 2 aromatic heterocycles. The van der Waals surface area contributed by atoms with Gasteiger partial charge in [-0.3, -0.25) is 19.6 Å². The maximum atomic E-state index is 13.2. The normalized spacial score (nSPS) is 18.0. The molecule has 2 aliphatic heterocycles. The van der Waals surface area contributed by atoms with Crippen molar-refractivity contribution in [2.24, 2.45) is 0 Å². The predicted molar refractivity (Wildman–Crippen MR) is 124 cm³/mol. The standard InChI is InChI=1S/C25H28N6O2/c1-16-19-10-11-22(32)31(14-12-18-7-4-3-5-8-18)24(19)28-23(27-16)21-9-6-13-30(21)25(33)20-15-26-29-17(20)2/h3-5,7-8,15,21H,6,9-14H2,1-2H3,(H,26,29). The number of benzene rings is 1. The molecule has 4 heterocycles. The van der Waals surface area contributed by atoms with Gasteiger partial charge < -0.3 is 4.90 Å². The monoisotopic (exact) mass is 444 g/mol. The Kier molecular flexibility index (Phi) is 5.66. The lowest BCUT2D eigenvalue weighted by molar-refractivity contribution is -0.118. The molecule has 8 nitrogen and oxygen atoms in total. The van der Waals surface area contributed by atoms with Crippen LogP contribution in [0.2, 0.25) is 0 Å². The molecule has 0 aliphatic carbocycles. The smallest absolute Gasteiger partial charge is 0.257 e. The highest BCUT2D eigenvalue weighted by molar-refractivity contribution is 5.96. The van der Waals surface area contributed by atoms with Gasteiger partial charge in [0.1, 0.15) is 5.82 Å². The molecule has 3 aromatic rings. The second-order valence-corrected chi connectivity index (χ2v) is 8.82. The average molecular weight is 445 g/mol. The number of nitrogens with zero attached hydrogens (tertiary/aromatic N) is 5. The van der Waals surface area contributed by atoms with Gasteiger partial charge in [-0.2, -0.15) is 5.10 Å². The third-order valence-electron chi connectivity index (χ3n) is 6.69. The fourth-order valence-corrected chi connectivity index (χ4v) is 4.87. The van der Waals surface area contributed by atoms with E-state index in [1.807, 2.05) is 41.8 Å². The summed E-state index contributed by atoms with van der Waals surface area (Å²) < 4.78 is 0. The van der Waals surface area contributed by atoms with Crippen LogP contribution in [0.5, 0.6) is 0 Å². The highest BCUT2D eigenvalue weighted by Gasteiger charge is 2.36. The Balaban J connectivity index is 1.45. The summed E-state index contributed by atoms with van der Waals surface area (Å²) in [6.45, 7) is 5.06. The molecule has 1 atom stereocenters. The SMILES string of the molecule is Cc1nc(C2CCCN2C(=O)c2cn[nH]c2C)nc2c1CCC(=O)N2CCc1ccccc1. The molecule has 5 rings (SSSR count). The van der Waals surface area contributed by atoms with Gasteiger partial charge in [-0.05, 0) is 45.1 Å². The minimum atomic E-state index is -0.205. The van der Waals surface area contributed by atoms with E-state index in [1.165, 1.54) is 5.56 Å². The van der Waals surface area contributed by atoms with E-state index in [4.69, 9.17) is 9.97 Å². The summed E-state index contributed by atoms with van der Waals surface area (Å²) in [6, 6.07) is 9.97. The van der Waals surface area contributed by atoms with Crippen LogP contribution in [-0.4, -0.2) is 50.0 Å². The lowest BCUT2D eigenvalue weighted by Gasteiger charge is -2.31. The molecule has 2 aliphatic rings. The van der Waals surface area contributed by atoms with E-state index in [0.717, 1.165) is 36.2 Å². The molecule has 1 fully saturated rings. The minimum absolute atomic E-state index is 0.0558. The third kappa shape index (κ3) is 4.01. The van der Waals surface area contributed by atoms with Crippen LogP contribution >= 0.6 is 0 Å². The molecular weight excluding hydrogens is 416 g/mol. The molecule has 2 amide bonds. The summed E-state index contributed by atoms with van der Waals surface area (Å²) in [4.78, 5) is 39.5. The number of likely N-dealkylation sites (tertiary alicyclic amines) is 1. The zero-order valence-electron chi connectivity index (χ0n) is 19.0. The van der Waals surface area contributed by atoms with Gasteiger partial charge in [-0.25, -0.2) is 9.97 Å². The lowest BCUT2D eigenvalue weighted by atomic mass is 10.0. The second-order valence-electron chi connectivity index (χ2n) is 8.82. The van der Waals surface area contributed by atoms with E-state index < -0.39 is 0 Å². The van der Waals surface area contributed by atoms with E-state index in [0.29, 0.717) is 43.1 Å². The summed E-state index contributed by atoms with van der Waals surface area (Å²) >= 11 is 0. The number of carbonyl (C=O) groups is 2. The molecular formula is C25H28N6O2. The summed E-state index contributed by atoms with van der Waals surface area (Å²) in [7, 11) is 0. The van der Waals surface area contributed by atoms with E-state index >= 15 is 0 Å². The van der Waals surface area contributed by atoms with Gasteiger partial charge in [0.2, 0.25) is 5.91 Å². The number of fused-ring (bicyclic) bond motifs is 1. The van der Waals surface area contributed by atoms with Gasteiger partial charge in [0.15, 0.2) is 5.82 Å². The van der Waals surface area contributed by atoms with Crippen molar-refractivity contribution in [2.45, 2.75) is 52.0 Å². The van der Waals surface area contributed by atoms with Crippen LogP contribution in [0.1, 0.15) is 64.0 Å². The first-order valence-corrected chi connectivity index (χ1v) is 11.6. The van der Waals surface area contributed by atoms with E-state index in [2.05, 4.69) is 22.3 Å². The van der Waals surface area contributed by atoms with Gasteiger partial charge in [-0.1, -0.05) is 30.3 Å². The quantitative estimate of drug-likeness (QED) is 0.651. The number of amides is 2. The van der Waals surface area contributed by atoms with Crippen LogP contribution in [0.3, 0.4) is 0 Å². The molecule has 170 valence electrons. The van der Waals surface area contributed by atoms with Crippen molar-refractivity contribution in [2.75, 3.05) is 18.0 Å². The number of carbonyl (C=O) groups excluding carboxylic acids is 2. The Morgan fingerprint density at radius 2 is 1.97 bits per heavy atom. The van der Waals surface area contributed by atoms with Gasteiger partial charge in [0.05, 0.1) is 17.8 Å². The van der Waals surface area contributed by atoms with Crippen LogP contribution in [0.15, 0.2) is 36.5 Å². The first kappa shape index (κ1) is 21.3. The molecule has 0 radical (unpaired) electrons. The molecule has 8 heteroatoms. The molecule has 0 saturated carbocycles. The number of rotatable bonds is 5. The fraction of sp³-hybridized carbons (Fsp3) is 0.400. The number of hydrogen-bond donors (Lipinski definition) is 1. The molecule has 1 aromatic carbocycles. The number of nitrogens with one attached hydrogen (secondary N) is 1. The maximum Gasteiger partial charge on any atom is 0.257 e. The zero-order chi connectivity index (χ0) is 22.9. The number of aromatic amines is 1. The molecule has 0 spiro atoms. The molecule has 33 heavy (non-hydrogen) atoms. The number of anilines is 1. The summed E-state index contributed by atoms with van der Waals surface area (Å²) in [5.74, 6) is 1.37. The zero-order valence-corrected chi connectivity index (χ0v) is 19.0. The van der Waals surface area contributed by atoms with Gasteiger partial charge in [-0.15, -0.1) is 0 Å². The van der Waals surface area contributed by atoms with Crippen LogP contribution in [0.25, 0.3) is 0 Å². The second kappa shape index (κ2) is 8.77. The lowest BCUT2D eigenvalue weighted by Crippen LogP contribution is -2.39. The molecule has 0 bridgehead atoms. The third-order valence-corrected chi connectivity index (χ3v) is 6.69. The largest absolute Gasteiger partial charge is 0.328 e. The van der Waals surface area contributed by atoms with Crippen molar-refractivity contribution >= 4 is 17.6 Å². The Hall–Kier alpha value is -3.55. The Morgan fingerprint density at radius 3 is 2.73 bits per heavy atom. The first-order valence-electron chi connectivity index (χ1n) is 11.6. The van der Waals surface area contributed by atoms with E-state index in [1.54, 1.807) is 6.20 Å². The molecule has 1 unspecified atom stereocenters.